The molecule has 7 aromatic carbocycles. The van der Waals surface area contributed by atoms with Gasteiger partial charge in [0.1, 0.15) is 84.4 Å². The lowest BCUT2D eigenvalue weighted by molar-refractivity contribution is -0.145. The van der Waals surface area contributed by atoms with Crippen molar-refractivity contribution in [3.63, 3.8) is 0 Å². The number of carbonyl (C=O) groups is 10. The third-order valence-electron chi connectivity index (χ3n) is 22.3. The van der Waals surface area contributed by atoms with Crippen molar-refractivity contribution in [2.45, 2.75) is 186 Å². The molecule has 2 saturated heterocycles. The number of benzene rings is 7. The van der Waals surface area contributed by atoms with E-state index in [2.05, 4.69) is 68.5 Å². The molecule has 0 unspecified atom stereocenters. The van der Waals surface area contributed by atoms with Crippen molar-refractivity contribution in [3.05, 3.63) is 209 Å². The Morgan fingerprint density at radius 2 is 0.942 bits per heavy atom. The Bertz CT molecular complexity index is 5280. The molecule has 15 rings (SSSR count). The highest BCUT2D eigenvalue weighted by Crippen LogP contribution is 2.35. The van der Waals surface area contributed by atoms with E-state index in [-0.39, 0.29) is 70.4 Å². The summed E-state index contributed by atoms with van der Waals surface area (Å²) < 4.78 is 50.7. The van der Waals surface area contributed by atoms with Crippen LogP contribution in [0.4, 0.5) is 8.78 Å². The summed E-state index contributed by atoms with van der Waals surface area (Å²) in [6.45, 7) is 12.9. The molecule has 638 valence electrons. The lowest BCUT2D eigenvalue weighted by atomic mass is 9.85. The molecule has 0 saturated carbocycles. The molecule has 0 spiro atoms. The Morgan fingerprint density at radius 3 is 1.34 bits per heavy atom. The first kappa shape index (κ1) is 87.5. The van der Waals surface area contributed by atoms with E-state index in [0.717, 1.165) is 40.8 Å². The summed E-state index contributed by atoms with van der Waals surface area (Å²) >= 11 is 0. The molecule has 0 radical (unpaired) electrons. The zero-order valence-electron chi connectivity index (χ0n) is 69.3. The number of fused-ring (bicyclic) bond motifs is 2. The second kappa shape index (κ2) is 38.1. The van der Waals surface area contributed by atoms with Crippen LogP contribution in [-0.4, -0.2) is 199 Å². The minimum absolute atomic E-state index is 0.0235. The third-order valence-corrected chi connectivity index (χ3v) is 22.3. The molecule has 6 aliphatic heterocycles. The number of methoxy groups -OCH3 is 1. The highest BCUT2D eigenvalue weighted by molar-refractivity contribution is 5.99. The van der Waals surface area contributed by atoms with Crippen molar-refractivity contribution in [1.29, 1.82) is 0 Å². The number of nitrogens with zero attached hydrogens (tertiary/aromatic N) is 8. The first-order valence-electron chi connectivity index (χ1n) is 40.2. The molecule has 2 fully saturated rings. The summed E-state index contributed by atoms with van der Waals surface area (Å²) in [5, 5.41) is 57.8. The summed E-state index contributed by atoms with van der Waals surface area (Å²) in [6.07, 6.45) is 2.35. The summed E-state index contributed by atoms with van der Waals surface area (Å²) in [5.74, 6) is -9.56. The van der Waals surface area contributed by atoms with Crippen LogP contribution in [0.25, 0.3) is 21.5 Å². The van der Waals surface area contributed by atoms with Crippen molar-refractivity contribution in [3.8, 4) is 17.2 Å². The fraction of sp³-hybridized carbons (Fsp3) is 0.409. The number of halogens is 2. The van der Waals surface area contributed by atoms with Gasteiger partial charge in [-0.05, 0) is 125 Å². The van der Waals surface area contributed by atoms with Crippen LogP contribution in [-0.2, 0) is 93.4 Å². The molecule has 10 N–H and O–H groups in total. The van der Waals surface area contributed by atoms with Gasteiger partial charge in [0.25, 0.3) is 0 Å². The normalized spacial score (nSPS) is 20.7. The predicted octanol–water partition coefficient (Wildman–Crippen LogP) is 5.81. The maximum atomic E-state index is 15.6. The Balaban J connectivity index is 0.898. The van der Waals surface area contributed by atoms with Gasteiger partial charge in [-0.25, -0.2) is 22.9 Å². The van der Waals surface area contributed by atoms with Crippen LogP contribution in [0.5, 0.6) is 17.2 Å². The molecule has 9 aromatic rings. The molecule has 121 heavy (non-hydrogen) atoms. The van der Waals surface area contributed by atoms with Gasteiger partial charge in [0.05, 0.1) is 43.7 Å². The van der Waals surface area contributed by atoms with E-state index in [9.17, 15) is 29.1 Å². The third kappa shape index (κ3) is 21.6. The molecule has 6 aliphatic rings. The van der Waals surface area contributed by atoms with Crippen LogP contribution in [0.2, 0.25) is 0 Å². The number of aliphatic carboxylic acids is 1. The van der Waals surface area contributed by atoms with Crippen molar-refractivity contribution in [2.75, 3.05) is 34.3 Å². The second-order valence-electron chi connectivity index (χ2n) is 33.2. The van der Waals surface area contributed by atoms with Crippen molar-refractivity contribution < 1.29 is 76.0 Å². The van der Waals surface area contributed by atoms with Gasteiger partial charge >= 0.3 is 5.97 Å². The SMILES string of the molecule is CN[C@@H](C)C(=O)N[C@H](C(=O)N1C[C@@H]2C[C@H]1C(=O)N[C@@H](Cc1ccc3ccccc3c1)C(=O)N[C@H](C(=O)O)Cc1ccc(cc1)OCc1cn(nn1)[C@H]1C[C@@H](C(=O)N[C@@H](Cc3ccc4ccccc4c3)C(=O)N[C@H](C(=O)NCc3cc(F)c(OC)c(F)c3)Cc3ccc(cc3)OCc3cn2nn3)N(C(=O)[C@@H](NC(=O)[C@H](C)NC)C(C)(C)C)C1)C(C)(C)C. The average Bonchev–Trinajstić information content (AvgIpc) is 1.64. The standard InChI is InChI=1S/C88H103F2N17O14/c1-49(91-9)77(108)98-75(87(3,4)5)84(115)104-45-62-40-72(104)82(113)95-69(38-53-20-26-56-16-12-14-18-58(56)32-53)80(111)94-68(79(110)93-42-55-34-66(89)74(119-11)67(90)35-55)36-51-22-28-64(29-23-51)120-47-60-43-107(102-100-60)63-41-73(105(46-63)85(116)76(88(6,7)8)99-78(109)50(2)92-10)83(114)96-70(39-54-21-27-57-17-13-15-19-59(57)33-54)81(112)97-71(86(117)118)37-52-24-30-65(31-25-52)121-48-61-44-106(62)103-101-61/h12-35,43-44,49-50,62-63,68-73,75-76,91-92H,36-42,45-48H2,1-11H3,(H,93,110)(H,94,111)(H,95,113)(H,96,114)(H,97,112)(H,98,108)(H,99,109)(H,117,118)/t49-,50-,62-,63-,68-,69-,70-,71-,72-,73-,75+,76+/m0/s1. The van der Waals surface area contributed by atoms with Gasteiger partial charge in [-0.15, -0.1) is 10.2 Å². The number of aromatic nitrogens is 6. The zero-order valence-corrected chi connectivity index (χ0v) is 69.3. The zero-order chi connectivity index (χ0) is 86.7. The van der Waals surface area contributed by atoms with Gasteiger partial charge in [0.15, 0.2) is 17.4 Å². The number of hydrogen-bond donors (Lipinski definition) is 10. The van der Waals surface area contributed by atoms with Crippen molar-refractivity contribution >= 4 is 80.7 Å². The topological polar surface area (TPSA) is 395 Å². The molecule has 8 heterocycles. The van der Waals surface area contributed by atoms with Crippen LogP contribution in [0.3, 0.4) is 0 Å². The molecular weight excluding hydrogens is 1560 g/mol. The number of carboxylic acid groups (broad SMARTS) is 1. The maximum absolute atomic E-state index is 15.6. The predicted molar refractivity (Wildman–Crippen MR) is 443 cm³/mol. The molecule has 0 aliphatic carbocycles. The minimum atomic E-state index is -1.54. The lowest BCUT2D eigenvalue weighted by Gasteiger charge is -2.36. The molecule has 12 atom stereocenters. The van der Waals surface area contributed by atoms with Crippen LogP contribution in [0.15, 0.2) is 158 Å². The Morgan fingerprint density at radius 1 is 0.537 bits per heavy atom. The van der Waals surface area contributed by atoms with Crippen LogP contribution >= 0.6 is 0 Å². The Kier molecular flexibility index (Phi) is 27.6. The molecular formula is C88H103F2N17O14. The summed E-state index contributed by atoms with van der Waals surface area (Å²) in [6, 6.07) is 27.4. The van der Waals surface area contributed by atoms with Crippen LogP contribution < -0.4 is 62.1 Å². The van der Waals surface area contributed by atoms with Gasteiger partial charge < -0.3 is 77.0 Å². The smallest absolute Gasteiger partial charge is 0.326 e. The molecule has 33 heteroatoms. The van der Waals surface area contributed by atoms with Crippen LogP contribution in [0.1, 0.15) is 120 Å². The van der Waals surface area contributed by atoms with Gasteiger partial charge in [-0.2, -0.15) is 0 Å². The lowest BCUT2D eigenvalue weighted by Crippen LogP contribution is -2.61. The maximum Gasteiger partial charge on any atom is 0.326 e. The number of carboxylic acids is 1. The summed E-state index contributed by atoms with van der Waals surface area (Å²) in [7, 11) is 4.31. The average molecular weight is 1660 g/mol. The number of hydrogen-bond acceptors (Lipinski definition) is 19. The highest BCUT2D eigenvalue weighted by Gasteiger charge is 2.49. The monoisotopic (exact) mass is 1660 g/mol. The largest absolute Gasteiger partial charge is 0.491 e. The molecule has 2 aromatic heterocycles. The van der Waals surface area contributed by atoms with Crippen molar-refractivity contribution in [1.82, 2.24) is 87.6 Å². The van der Waals surface area contributed by atoms with Gasteiger partial charge in [0, 0.05) is 58.2 Å². The van der Waals surface area contributed by atoms with E-state index in [0.29, 0.717) is 45.1 Å². The van der Waals surface area contributed by atoms with Gasteiger partial charge in [0.2, 0.25) is 53.2 Å². The van der Waals surface area contributed by atoms with Crippen molar-refractivity contribution in [2.24, 2.45) is 10.8 Å². The number of nitrogens with one attached hydrogen (secondary N) is 9. The fourth-order valence-corrected chi connectivity index (χ4v) is 15.1. The Hall–Kier alpha value is -12.8. The molecule has 31 nitrogen and oxygen atoms in total. The molecule has 12 bridgehead atoms. The van der Waals surface area contributed by atoms with E-state index in [1.165, 1.54) is 19.2 Å². The quantitative estimate of drug-likeness (QED) is 0.0514. The molecule has 9 amide bonds. The van der Waals surface area contributed by atoms with E-state index >= 15 is 32.8 Å². The summed E-state index contributed by atoms with van der Waals surface area (Å²) in [4.78, 5) is 150. The highest BCUT2D eigenvalue weighted by atomic mass is 19.1. The first-order valence-corrected chi connectivity index (χ1v) is 40.2. The van der Waals surface area contributed by atoms with Gasteiger partial charge in [-0.3, -0.25) is 43.2 Å². The van der Waals surface area contributed by atoms with E-state index in [4.69, 9.17) is 14.2 Å². The number of likely N-dealkylation sites (tertiary alicyclic amines) is 2. The van der Waals surface area contributed by atoms with Crippen LogP contribution in [0, 0.1) is 22.5 Å². The van der Waals surface area contributed by atoms with E-state index in [1.807, 2.05) is 72.8 Å². The number of likely N-dealkylation sites (N-methyl/N-ethyl adjacent to an activating group) is 2. The summed E-state index contributed by atoms with van der Waals surface area (Å²) in [5.41, 5.74) is 0.991. The minimum Gasteiger partial charge on any atom is -0.491 e. The number of rotatable bonds is 17. The fourth-order valence-electron chi connectivity index (χ4n) is 15.1. The number of amides is 9. The number of ether oxygens (including phenoxy) is 3. The van der Waals surface area contributed by atoms with E-state index in [1.54, 1.807) is 143 Å². The first-order chi connectivity index (χ1) is 57.7. The second-order valence-corrected chi connectivity index (χ2v) is 33.2. The number of carbonyl (C=O) groups excluding carboxylic acids is 9. The van der Waals surface area contributed by atoms with Gasteiger partial charge in [-0.1, -0.05) is 161 Å². The Labute approximate surface area is 698 Å². The van der Waals surface area contributed by atoms with E-state index < -0.39 is 166 Å².